The molecule has 0 saturated heterocycles. The molecule has 318 valence electrons. The number of rotatable bonds is 8. The Balaban J connectivity index is 1.14. The molecule has 2 aromatic heterocycles. The van der Waals surface area contributed by atoms with Gasteiger partial charge in [-0.15, -0.1) is 0 Å². The zero-order valence-corrected chi connectivity index (χ0v) is 37.3. The largest absolute Gasteiger partial charge is 0.308 e. The average molecular weight is 865 g/mol. The number of nitrogens with zero attached hydrogens (tertiary/aromatic N) is 2. The van der Waals surface area contributed by atoms with E-state index in [2.05, 4.69) is 276 Å². The van der Waals surface area contributed by atoms with Crippen molar-refractivity contribution in [3.05, 3.63) is 267 Å². The van der Waals surface area contributed by atoms with Gasteiger partial charge in [-0.2, -0.15) is 0 Å². The lowest BCUT2D eigenvalue weighted by Crippen LogP contribution is -1.99. The van der Waals surface area contributed by atoms with E-state index in [0.717, 1.165) is 11.4 Å². The van der Waals surface area contributed by atoms with Gasteiger partial charge in [0, 0.05) is 44.0 Å². The highest BCUT2D eigenvalue weighted by Gasteiger charge is 2.26. The summed E-state index contributed by atoms with van der Waals surface area (Å²) in [6.07, 6.45) is 0. The van der Waals surface area contributed by atoms with Gasteiger partial charge in [-0.3, -0.25) is 0 Å². The predicted octanol–water partition coefficient (Wildman–Crippen LogP) is 17.9. The summed E-state index contributed by atoms with van der Waals surface area (Å²) in [5, 5.41) is 7.27. The van der Waals surface area contributed by atoms with Gasteiger partial charge in [-0.1, -0.05) is 243 Å². The number of fused-ring (bicyclic) bond motifs is 7. The number of hydrogen-bond donors (Lipinski definition) is 0. The smallest absolute Gasteiger partial charge is 0.0620 e. The topological polar surface area (TPSA) is 9.86 Å². The van der Waals surface area contributed by atoms with E-state index in [-0.39, 0.29) is 0 Å². The van der Waals surface area contributed by atoms with Crippen LogP contribution in [0.1, 0.15) is 0 Å². The molecule has 0 saturated carbocycles. The van der Waals surface area contributed by atoms with Gasteiger partial charge in [0.25, 0.3) is 0 Å². The van der Waals surface area contributed by atoms with Crippen LogP contribution in [-0.4, -0.2) is 9.13 Å². The second-order valence-electron chi connectivity index (χ2n) is 17.6. The minimum absolute atomic E-state index is 1.12. The zero-order chi connectivity index (χ0) is 45.0. The first-order valence-corrected chi connectivity index (χ1v) is 23.4. The molecule has 11 aromatic carbocycles. The van der Waals surface area contributed by atoms with Crippen molar-refractivity contribution < 1.29 is 0 Å². The number of hydrogen-bond acceptors (Lipinski definition) is 0. The van der Waals surface area contributed by atoms with Gasteiger partial charge in [0.05, 0.1) is 22.4 Å². The molecule has 13 aromatic rings. The van der Waals surface area contributed by atoms with E-state index in [1.165, 1.54) is 110 Å². The van der Waals surface area contributed by atoms with E-state index < -0.39 is 0 Å². The third kappa shape index (κ3) is 6.49. The quantitative estimate of drug-likeness (QED) is 0.135. The van der Waals surface area contributed by atoms with Crippen LogP contribution in [0.25, 0.3) is 122 Å². The number of aromatic nitrogens is 2. The van der Waals surface area contributed by atoms with Gasteiger partial charge >= 0.3 is 0 Å². The fourth-order valence-corrected chi connectivity index (χ4v) is 10.7. The Morgan fingerprint density at radius 2 is 0.426 bits per heavy atom. The van der Waals surface area contributed by atoms with Crippen molar-refractivity contribution in [2.45, 2.75) is 0 Å². The number of benzene rings is 11. The molecule has 0 atom stereocenters. The maximum atomic E-state index is 2.52. The highest BCUT2D eigenvalue weighted by Crippen LogP contribution is 2.49. The highest BCUT2D eigenvalue weighted by molar-refractivity contribution is 6.26. The minimum atomic E-state index is 1.12. The van der Waals surface area contributed by atoms with Crippen LogP contribution in [0.5, 0.6) is 0 Å². The summed E-state index contributed by atoms with van der Waals surface area (Å²) in [7, 11) is 0. The summed E-state index contributed by atoms with van der Waals surface area (Å²) in [5.74, 6) is 0. The van der Waals surface area contributed by atoms with Gasteiger partial charge < -0.3 is 9.13 Å². The van der Waals surface area contributed by atoms with Crippen LogP contribution in [0, 0.1) is 0 Å². The minimum Gasteiger partial charge on any atom is -0.308 e. The molecule has 0 amide bonds. The van der Waals surface area contributed by atoms with E-state index in [9.17, 15) is 0 Å². The van der Waals surface area contributed by atoms with E-state index in [1.54, 1.807) is 0 Å². The lowest BCUT2D eigenvalue weighted by atomic mass is 9.94. The highest BCUT2D eigenvalue weighted by atomic mass is 15.0. The molecule has 0 aliphatic heterocycles. The summed E-state index contributed by atoms with van der Waals surface area (Å²) in [6.45, 7) is 0. The molecule has 0 spiro atoms. The SMILES string of the molecule is c1ccc(-c2ccc(-n3c(-c4ccccc4)c(-c4ccccc4)c4ccc5c6ccc7c(-c8ccccc8)c(-c8ccccc8)n(-c8ccc(-c9ccccc9)cc8)c7c6ccc5c43)cc2)cc1. The van der Waals surface area contributed by atoms with Crippen molar-refractivity contribution >= 4 is 43.4 Å². The molecule has 0 bridgehead atoms. The summed E-state index contributed by atoms with van der Waals surface area (Å²) in [4.78, 5) is 0. The standard InChI is InChI=1S/C66H44N2/c1-7-19-45(20-8-1)47-31-35-53(36-32-47)67-63(51-27-15-5-16-28-51)61(49-23-11-3-12-24-49)59-43-39-55-56-40-44-60-62(50-25-13-4-14-26-50)64(52-29-17-6-18-30-52)68(66(60)58(56)42-41-57(55)65(59)67)54-37-33-48(34-38-54)46-21-9-2-10-22-46/h1-44H. The van der Waals surface area contributed by atoms with Crippen molar-refractivity contribution in [3.63, 3.8) is 0 Å². The Labute approximate surface area is 395 Å². The molecule has 13 rings (SSSR count). The molecule has 2 heterocycles. The third-order valence-corrected chi connectivity index (χ3v) is 13.7. The average Bonchev–Trinajstić information content (AvgIpc) is 3.97. The summed E-state index contributed by atoms with van der Waals surface area (Å²) < 4.78 is 5.04. The molecule has 2 heteroatoms. The summed E-state index contributed by atoms with van der Waals surface area (Å²) in [5.41, 5.74) is 18.9. The van der Waals surface area contributed by atoms with Crippen LogP contribution in [0.3, 0.4) is 0 Å². The molecule has 0 radical (unpaired) electrons. The normalized spacial score (nSPS) is 11.5. The van der Waals surface area contributed by atoms with Gasteiger partial charge in [0.15, 0.2) is 0 Å². The van der Waals surface area contributed by atoms with Gasteiger partial charge in [0.2, 0.25) is 0 Å². The Kier molecular flexibility index (Phi) is 9.54. The van der Waals surface area contributed by atoms with Crippen molar-refractivity contribution in [1.82, 2.24) is 9.13 Å². The van der Waals surface area contributed by atoms with E-state index >= 15 is 0 Å². The molecule has 0 N–H and O–H groups in total. The van der Waals surface area contributed by atoms with Gasteiger partial charge in [0.1, 0.15) is 0 Å². The molecule has 2 nitrogen and oxygen atoms in total. The Bertz CT molecular complexity index is 3670. The molecule has 0 fully saturated rings. The molecule has 0 aliphatic carbocycles. The maximum Gasteiger partial charge on any atom is 0.0620 e. The fraction of sp³-hybridized carbons (Fsp3) is 0. The molecule has 68 heavy (non-hydrogen) atoms. The monoisotopic (exact) mass is 864 g/mol. The maximum absolute atomic E-state index is 2.52. The Morgan fingerprint density at radius 1 is 0.176 bits per heavy atom. The van der Waals surface area contributed by atoms with Crippen molar-refractivity contribution in [2.24, 2.45) is 0 Å². The van der Waals surface area contributed by atoms with Gasteiger partial charge in [-0.25, -0.2) is 0 Å². The second kappa shape index (κ2) is 16.5. The van der Waals surface area contributed by atoms with Crippen LogP contribution in [0.2, 0.25) is 0 Å². The zero-order valence-electron chi connectivity index (χ0n) is 37.3. The summed E-state index contributed by atoms with van der Waals surface area (Å²) >= 11 is 0. The first kappa shape index (κ1) is 39.4. The van der Waals surface area contributed by atoms with Crippen LogP contribution in [-0.2, 0) is 0 Å². The Morgan fingerprint density at radius 3 is 0.750 bits per heavy atom. The van der Waals surface area contributed by atoms with Crippen LogP contribution in [0.4, 0.5) is 0 Å². The first-order chi connectivity index (χ1) is 33.8. The Hall–Kier alpha value is -8.98. The van der Waals surface area contributed by atoms with Crippen molar-refractivity contribution in [2.75, 3.05) is 0 Å². The molecular formula is C66H44N2. The van der Waals surface area contributed by atoms with E-state index in [4.69, 9.17) is 0 Å². The lowest BCUT2D eigenvalue weighted by Gasteiger charge is -2.16. The first-order valence-electron chi connectivity index (χ1n) is 23.4. The van der Waals surface area contributed by atoms with E-state index in [0.29, 0.717) is 0 Å². The lowest BCUT2D eigenvalue weighted by molar-refractivity contribution is 1.14. The van der Waals surface area contributed by atoms with Crippen molar-refractivity contribution in [3.8, 4) is 78.4 Å². The van der Waals surface area contributed by atoms with Crippen LogP contribution < -0.4 is 0 Å². The predicted molar refractivity (Wildman–Crippen MR) is 288 cm³/mol. The van der Waals surface area contributed by atoms with Gasteiger partial charge in [-0.05, 0) is 79.5 Å². The second-order valence-corrected chi connectivity index (χ2v) is 17.6. The molecule has 0 aliphatic rings. The van der Waals surface area contributed by atoms with Crippen molar-refractivity contribution in [1.29, 1.82) is 0 Å². The third-order valence-electron chi connectivity index (χ3n) is 13.7. The molecule has 0 unspecified atom stereocenters. The van der Waals surface area contributed by atoms with Crippen LogP contribution >= 0.6 is 0 Å². The molecular weight excluding hydrogens is 821 g/mol. The summed E-state index contributed by atoms with van der Waals surface area (Å²) in [6, 6.07) is 97.4. The van der Waals surface area contributed by atoms with E-state index in [1.807, 2.05) is 0 Å². The van der Waals surface area contributed by atoms with Crippen LogP contribution in [0.15, 0.2) is 267 Å². The fourth-order valence-electron chi connectivity index (χ4n) is 10.7.